The molecule has 0 N–H and O–H groups in total. The van der Waals surface area contributed by atoms with Gasteiger partial charge in [-0.1, -0.05) is 15.9 Å². The number of ether oxygens (including phenoxy) is 21. The van der Waals surface area contributed by atoms with Crippen molar-refractivity contribution in [2.45, 2.75) is 26.4 Å². The summed E-state index contributed by atoms with van der Waals surface area (Å²) in [6.07, 6.45) is 0. The molecule has 0 amide bonds. The molecule has 0 bridgehead atoms. The van der Waals surface area contributed by atoms with Crippen molar-refractivity contribution in [1.29, 1.82) is 0 Å². The van der Waals surface area contributed by atoms with Crippen LogP contribution in [0.25, 0.3) is 0 Å². The molecule has 0 aromatic heterocycles. The maximum absolute atomic E-state index is 11.5. The second-order valence-corrected chi connectivity index (χ2v) is 15.8. The van der Waals surface area contributed by atoms with Gasteiger partial charge in [-0.15, -0.1) is 0 Å². The highest BCUT2D eigenvalue weighted by molar-refractivity contribution is 9.09. The summed E-state index contributed by atoms with van der Waals surface area (Å²) in [6.45, 7) is 24.5. The Labute approximate surface area is 421 Å². The minimum atomic E-state index is -0.518. The molecule has 0 saturated carbocycles. The lowest BCUT2D eigenvalue weighted by molar-refractivity contribution is -0.160. The lowest BCUT2D eigenvalue weighted by atomic mass is 10.2. The molecular formula is C46H91BrO22. The lowest BCUT2D eigenvalue weighted by Gasteiger charge is -2.19. The van der Waals surface area contributed by atoms with Gasteiger partial charge >= 0.3 is 5.97 Å². The lowest BCUT2D eigenvalue weighted by Crippen LogP contribution is -2.27. The standard InChI is InChI=1S/C46H91BrO22/c1-46(2,3)69-45(48)44-68-43-42-67-41-40-66-39-38-65-37-36-64-35-34-63-33-32-62-31-30-61-29-28-60-27-26-59-25-24-58-23-22-57-21-20-56-19-18-55-17-16-54-15-14-53-13-12-52-11-10-51-9-8-50-7-6-49-5-4-47/h4-44H2,1-3H3. The number of hydrogen-bond donors (Lipinski definition) is 0. The van der Waals surface area contributed by atoms with Crippen molar-refractivity contribution in [2.24, 2.45) is 0 Å². The third-order valence-electron chi connectivity index (χ3n) is 7.93. The van der Waals surface area contributed by atoms with Crippen LogP contribution in [0.4, 0.5) is 0 Å². The molecule has 0 aliphatic rings. The fraction of sp³-hybridized carbons (Fsp3) is 0.978. The zero-order chi connectivity index (χ0) is 49.9. The van der Waals surface area contributed by atoms with Crippen LogP contribution in [0.1, 0.15) is 20.8 Å². The minimum Gasteiger partial charge on any atom is -0.458 e. The second kappa shape index (κ2) is 59.7. The number of carbonyl (C=O) groups excluding carboxylic acids is 1. The highest BCUT2D eigenvalue weighted by Gasteiger charge is 2.16. The van der Waals surface area contributed by atoms with E-state index in [2.05, 4.69) is 15.9 Å². The van der Waals surface area contributed by atoms with Gasteiger partial charge in [0.05, 0.1) is 258 Å². The summed E-state index contributed by atoms with van der Waals surface area (Å²) in [7, 11) is 0. The first-order valence-electron chi connectivity index (χ1n) is 24.3. The van der Waals surface area contributed by atoms with Crippen molar-refractivity contribution in [3.05, 3.63) is 0 Å². The molecule has 0 spiro atoms. The van der Waals surface area contributed by atoms with Crippen molar-refractivity contribution in [2.75, 3.05) is 270 Å². The Morgan fingerprint density at radius 2 is 0.377 bits per heavy atom. The maximum atomic E-state index is 11.5. The van der Waals surface area contributed by atoms with Crippen LogP contribution in [-0.4, -0.2) is 281 Å². The molecule has 0 aromatic rings. The highest BCUT2D eigenvalue weighted by atomic mass is 79.9. The molecule has 0 heterocycles. The van der Waals surface area contributed by atoms with E-state index in [4.69, 9.17) is 99.5 Å². The van der Waals surface area contributed by atoms with Crippen molar-refractivity contribution < 1.29 is 104 Å². The summed E-state index contributed by atoms with van der Waals surface area (Å²) >= 11 is 3.30. The number of hydrogen-bond acceptors (Lipinski definition) is 22. The Morgan fingerprint density at radius 1 is 0.246 bits per heavy atom. The first-order valence-corrected chi connectivity index (χ1v) is 25.4. The largest absolute Gasteiger partial charge is 0.458 e. The molecule has 0 fully saturated rings. The fourth-order valence-corrected chi connectivity index (χ4v) is 4.99. The van der Waals surface area contributed by atoms with Gasteiger partial charge in [-0.2, -0.15) is 0 Å². The van der Waals surface area contributed by atoms with Crippen LogP contribution in [0.5, 0.6) is 0 Å². The van der Waals surface area contributed by atoms with Crippen LogP contribution in [0.2, 0.25) is 0 Å². The summed E-state index contributed by atoms with van der Waals surface area (Å²) in [5, 5.41) is 0.831. The Balaban J connectivity index is 3.09. The van der Waals surface area contributed by atoms with E-state index in [1.807, 2.05) is 20.8 Å². The number of carbonyl (C=O) groups is 1. The molecule has 0 aromatic carbocycles. The average Bonchev–Trinajstić information content (AvgIpc) is 3.32. The SMILES string of the molecule is CC(C)(C)OC(=O)COCCOCCOCCOCCOCCOCCOCCOCCOCCOCCOCCOCCOCCOCCOCCOCCOCCOCCOCCOCCBr. The molecular weight excluding hydrogens is 984 g/mol. The molecule has 0 aliphatic heterocycles. The molecule has 414 valence electrons. The van der Waals surface area contributed by atoms with Crippen LogP contribution in [0.3, 0.4) is 0 Å². The summed E-state index contributed by atoms with van der Waals surface area (Å²) in [5.74, 6) is -0.391. The van der Waals surface area contributed by atoms with E-state index in [0.29, 0.717) is 258 Å². The summed E-state index contributed by atoms with van der Waals surface area (Å²) in [5.41, 5.74) is -0.518. The Morgan fingerprint density at radius 3 is 0.507 bits per heavy atom. The van der Waals surface area contributed by atoms with Crippen LogP contribution in [-0.2, 0) is 104 Å². The van der Waals surface area contributed by atoms with E-state index in [0.717, 1.165) is 5.33 Å². The molecule has 0 atom stereocenters. The molecule has 23 heteroatoms. The van der Waals surface area contributed by atoms with Gasteiger partial charge in [-0.25, -0.2) is 4.79 Å². The van der Waals surface area contributed by atoms with Crippen molar-refractivity contribution in [1.82, 2.24) is 0 Å². The number of alkyl halides is 1. The van der Waals surface area contributed by atoms with Crippen molar-refractivity contribution in [3.8, 4) is 0 Å². The first-order chi connectivity index (χ1) is 34.0. The van der Waals surface area contributed by atoms with E-state index in [1.165, 1.54) is 0 Å². The van der Waals surface area contributed by atoms with Gasteiger partial charge in [0.15, 0.2) is 0 Å². The molecule has 0 aliphatic carbocycles. The van der Waals surface area contributed by atoms with Gasteiger partial charge in [0, 0.05) is 5.33 Å². The third-order valence-corrected chi connectivity index (χ3v) is 8.25. The minimum absolute atomic E-state index is 0.0895. The van der Waals surface area contributed by atoms with Gasteiger partial charge in [0.1, 0.15) is 12.2 Å². The second-order valence-electron chi connectivity index (χ2n) is 15.0. The average molecular weight is 1080 g/mol. The van der Waals surface area contributed by atoms with Gasteiger partial charge in [-0.05, 0) is 20.8 Å². The number of halogens is 1. The molecule has 69 heavy (non-hydrogen) atoms. The summed E-state index contributed by atoms with van der Waals surface area (Å²) < 4.78 is 114. The van der Waals surface area contributed by atoms with E-state index < -0.39 is 11.6 Å². The van der Waals surface area contributed by atoms with E-state index in [-0.39, 0.29) is 6.61 Å². The Hall–Kier alpha value is -0.850. The van der Waals surface area contributed by atoms with Crippen LogP contribution >= 0.6 is 15.9 Å². The van der Waals surface area contributed by atoms with Crippen LogP contribution in [0.15, 0.2) is 0 Å². The van der Waals surface area contributed by atoms with Gasteiger partial charge in [-0.3, -0.25) is 0 Å². The number of esters is 1. The smallest absolute Gasteiger partial charge is 0.332 e. The van der Waals surface area contributed by atoms with Gasteiger partial charge in [0.25, 0.3) is 0 Å². The molecule has 0 rings (SSSR count). The molecule has 0 radical (unpaired) electrons. The fourth-order valence-electron chi connectivity index (χ4n) is 4.76. The summed E-state index contributed by atoms with van der Waals surface area (Å²) in [6, 6.07) is 0. The molecule has 0 saturated heterocycles. The van der Waals surface area contributed by atoms with Crippen molar-refractivity contribution in [3.63, 3.8) is 0 Å². The topological polar surface area (TPSA) is 211 Å². The van der Waals surface area contributed by atoms with Crippen LogP contribution in [0, 0.1) is 0 Å². The van der Waals surface area contributed by atoms with Crippen LogP contribution < -0.4 is 0 Å². The number of rotatable bonds is 61. The third kappa shape index (κ3) is 65.1. The predicted molar refractivity (Wildman–Crippen MR) is 256 cm³/mol. The zero-order valence-corrected chi connectivity index (χ0v) is 43.9. The maximum Gasteiger partial charge on any atom is 0.332 e. The highest BCUT2D eigenvalue weighted by Crippen LogP contribution is 2.06. The van der Waals surface area contributed by atoms with E-state index in [1.54, 1.807) is 0 Å². The van der Waals surface area contributed by atoms with E-state index >= 15 is 0 Å². The van der Waals surface area contributed by atoms with Gasteiger partial charge in [0.2, 0.25) is 0 Å². The Kier molecular flexibility index (Phi) is 59.0. The predicted octanol–water partition coefficient (Wildman–Crippen LogP) is 2.06. The summed E-state index contributed by atoms with van der Waals surface area (Å²) in [4.78, 5) is 11.5. The quantitative estimate of drug-likeness (QED) is 0.0485. The Bertz CT molecular complexity index is 975. The monoisotopic (exact) mass is 1070 g/mol. The van der Waals surface area contributed by atoms with Crippen molar-refractivity contribution >= 4 is 21.9 Å². The molecule has 0 unspecified atom stereocenters. The van der Waals surface area contributed by atoms with Gasteiger partial charge < -0.3 is 99.5 Å². The zero-order valence-electron chi connectivity index (χ0n) is 42.4. The van der Waals surface area contributed by atoms with E-state index in [9.17, 15) is 4.79 Å². The first kappa shape index (κ1) is 68.2. The normalized spacial score (nSPS) is 11.9. The molecule has 22 nitrogen and oxygen atoms in total.